The number of aliphatic hydroxyl groups excluding tert-OH is 1. The van der Waals surface area contributed by atoms with Crippen LogP contribution in [-0.2, 0) is 0 Å². The minimum absolute atomic E-state index is 0.224. The summed E-state index contributed by atoms with van der Waals surface area (Å²) in [6.45, 7) is -0.369. The van der Waals surface area contributed by atoms with Crippen LogP contribution in [0.5, 0.6) is 5.88 Å². The van der Waals surface area contributed by atoms with Crippen LogP contribution in [0.4, 0.5) is 5.69 Å². The molecule has 0 radical (unpaired) electrons. The fourth-order valence-electron chi connectivity index (χ4n) is 3.20. The Morgan fingerprint density at radius 2 is 1.86 bits per heavy atom. The van der Waals surface area contributed by atoms with Crippen molar-refractivity contribution in [3.63, 3.8) is 0 Å². The van der Waals surface area contributed by atoms with E-state index in [1.165, 1.54) is 0 Å². The van der Waals surface area contributed by atoms with E-state index in [1.54, 1.807) is 48.7 Å². The molecule has 2 heterocycles. The molecule has 1 aliphatic rings. The van der Waals surface area contributed by atoms with E-state index < -0.39 is 11.7 Å². The number of hydrogen-bond acceptors (Lipinski definition) is 4. The average Bonchev–Trinajstić information content (AvgIpc) is 3.19. The molecule has 28 heavy (non-hydrogen) atoms. The van der Waals surface area contributed by atoms with Gasteiger partial charge in [-0.2, -0.15) is 0 Å². The first-order chi connectivity index (χ1) is 13.5. The van der Waals surface area contributed by atoms with E-state index in [-0.39, 0.29) is 18.2 Å². The lowest BCUT2D eigenvalue weighted by molar-refractivity contribution is 0.237. The van der Waals surface area contributed by atoms with Gasteiger partial charge in [0, 0.05) is 27.4 Å². The number of aromatic amines is 1. The highest BCUT2D eigenvalue weighted by molar-refractivity contribution is 6.31. The summed E-state index contributed by atoms with van der Waals surface area (Å²) in [4.78, 5) is 19.4. The van der Waals surface area contributed by atoms with Crippen LogP contribution in [0.1, 0.15) is 22.9 Å². The molecule has 0 amide bonds. The Hall–Kier alpha value is -2.80. The highest BCUT2D eigenvalue weighted by Crippen LogP contribution is 2.35. The van der Waals surface area contributed by atoms with Crippen molar-refractivity contribution in [2.75, 3.05) is 6.61 Å². The third-order valence-electron chi connectivity index (χ3n) is 4.58. The highest BCUT2D eigenvalue weighted by Gasteiger charge is 2.22. The van der Waals surface area contributed by atoms with E-state index in [9.17, 15) is 15.0 Å². The largest absolute Gasteiger partial charge is 0.493 e. The maximum atomic E-state index is 12.5. The van der Waals surface area contributed by atoms with Gasteiger partial charge in [0.1, 0.15) is 5.69 Å². The number of nitrogens with zero attached hydrogens (tertiary/aromatic N) is 2. The summed E-state index contributed by atoms with van der Waals surface area (Å²) in [7, 11) is 0. The molecule has 0 saturated heterocycles. The fourth-order valence-corrected chi connectivity index (χ4v) is 3.50. The molecule has 0 saturated carbocycles. The maximum Gasteiger partial charge on any atom is 0.329 e. The Morgan fingerprint density at radius 3 is 2.57 bits per heavy atom. The van der Waals surface area contributed by atoms with Crippen LogP contribution in [0.15, 0.2) is 52.3 Å². The molecule has 3 aromatic rings. The quantitative estimate of drug-likeness (QED) is 0.600. The summed E-state index contributed by atoms with van der Waals surface area (Å²) < 4.78 is 1.12. The van der Waals surface area contributed by atoms with Crippen molar-refractivity contribution in [1.29, 1.82) is 0 Å². The molecule has 1 aliphatic heterocycles. The van der Waals surface area contributed by atoms with Gasteiger partial charge in [-0.25, -0.2) is 4.79 Å². The van der Waals surface area contributed by atoms with E-state index >= 15 is 0 Å². The van der Waals surface area contributed by atoms with Gasteiger partial charge < -0.3 is 15.2 Å². The molecule has 1 unspecified atom stereocenters. The Kier molecular flexibility index (Phi) is 4.85. The lowest BCUT2D eigenvalue weighted by Gasteiger charge is -2.16. The van der Waals surface area contributed by atoms with Crippen LogP contribution < -0.4 is 5.69 Å². The second-order valence-electron chi connectivity index (χ2n) is 6.31. The van der Waals surface area contributed by atoms with E-state index in [0.29, 0.717) is 15.6 Å². The highest BCUT2D eigenvalue weighted by atomic mass is 35.5. The second-order valence-corrected chi connectivity index (χ2v) is 7.18. The molecular formula is C20H15Cl2N3O3. The van der Waals surface area contributed by atoms with Crippen molar-refractivity contribution in [3.05, 3.63) is 79.8 Å². The summed E-state index contributed by atoms with van der Waals surface area (Å²) in [6, 6.07) is 11.3. The molecule has 3 N–H and O–H groups in total. The third-order valence-corrected chi connectivity index (χ3v) is 5.07. The predicted molar refractivity (Wildman–Crippen MR) is 111 cm³/mol. The van der Waals surface area contributed by atoms with Crippen molar-refractivity contribution in [3.8, 4) is 5.88 Å². The van der Waals surface area contributed by atoms with Crippen LogP contribution in [-0.4, -0.2) is 32.6 Å². The number of H-pyrrole nitrogens is 1. The van der Waals surface area contributed by atoms with Gasteiger partial charge in [0.05, 0.1) is 18.3 Å². The van der Waals surface area contributed by atoms with Gasteiger partial charge in [0.25, 0.3) is 0 Å². The molecule has 6 nitrogen and oxygen atoms in total. The van der Waals surface area contributed by atoms with Crippen molar-refractivity contribution < 1.29 is 10.2 Å². The summed E-state index contributed by atoms with van der Waals surface area (Å²) >= 11 is 11.9. The van der Waals surface area contributed by atoms with Crippen LogP contribution in [0.3, 0.4) is 0 Å². The number of aliphatic imine (C=N–C) groups is 1. The number of aliphatic hydroxyl groups is 1. The van der Waals surface area contributed by atoms with Gasteiger partial charge in [-0.05, 0) is 35.9 Å². The number of aromatic nitrogens is 2. The molecule has 1 atom stereocenters. The molecule has 0 spiro atoms. The Labute approximate surface area is 170 Å². The second kappa shape index (κ2) is 7.31. The van der Waals surface area contributed by atoms with Crippen LogP contribution in [0.25, 0.3) is 11.6 Å². The minimum Gasteiger partial charge on any atom is -0.493 e. The number of hydrogen-bond donors (Lipinski definition) is 3. The van der Waals surface area contributed by atoms with E-state index in [0.717, 1.165) is 21.4 Å². The van der Waals surface area contributed by atoms with Crippen LogP contribution in [0.2, 0.25) is 10.0 Å². The summed E-state index contributed by atoms with van der Waals surface area (Å²) in [5.41, 5.74) is 2.61. The average molecular weight is 416 g/mol. The number of allylic oxidation sites excluding steroid dienone is 1. The molecule has 0 fully saturated rings. The van der Waals surface area contributed by atoms with E-state index in [2.05, 4.69) is 9.98 Å². The van der Waals surface area contributed by atoms with Gasteiger partial charge >= 0.3 is 5.69 Å². The van der Waals surface area contributed by atoms with Crippen LogP contribution in [0, 0.1) is 0 Å². The number of aromatic hydroxyl groups is 1. The molecule has 4 rings (SSSR count). The maximum absolute atomic E-state index is 12.5. The lowest BCUT2D eigenvalue weighted by Crippen LogP contribution is -2.25. The van der Waals surface area contributed by atoms with Crippen LogP contribution >= 0.6 is 23.2 Å². The zero-order valence-corrected chi connectivity index (χ0v) is 15.9. The Morgan fingerprint density at radius 1 is 1.14 bits per heavy atom. The first-order valence-corrected chi connectivity index (χ1v) is 9.19. The van der Waals surface area contributed by atoms with Gasteiger partial charge in [-0.1, -0.05) is 41.4 Å². The van der Waals surface area contributed by atoms with Crippen molar-refractivity contribution in [2.24, 2.45) is 4.99 Å². The summed E-state index contributed by atoms with van der Waals surface area (Å²) in [5.74, 6) is -0.276. The Balaban J connectivity index is 1.76. The number of rotatable bonds is 4. The number of halogens is 2. The zero-order chi connectivity index (χ0) is 19.8. The summed E-state index contributed by atoms with van der Waals surface area (Å²) in [6.07, 6.45) is 3.27. The number of imidazole rings is 1. The van der Waals surface area contributed by atoms with Gasteiger partial charge in [-0.15, -0.1) is 0 Å². The Bertz CT molecular complexity index is 1160. The molecule has 0 bridgehead atoms. The van der Waals surface area contributed by atoms with E-state index in [1.807, 2.05) is 6.07 Å². The normalized spacial score (nSPS) is 15.2. The summed E-state index contributed by atoms with van der Waals surface area (Å²) in [5, 5.41) is 21.6. The number of nitrogens with one attached hydrogen (secondary N) is 1. The number of benzene rings is 2. The fraction of sp³-hybridized carbons (Fsp3) is 0.100. The lowest BCUT2D eigenvalue weighted by atomic mass is 10.1. The van der Waals surface area contributed by atoms with E-state index in [4.69, 9.17) is 23.2 Å². The molecule has 142 valence electrons. The van der Waals surface area contributed by atoms with Gasteiger partial charge in [-0.3, -0.25) is 9.56 Å². The third kappa shape index (κ3) is 3.26. The standard InChI is InChI=1S/C20H15Cl2N3O3/c21-13-3-1-11(2-4-13)18(10-26)25-19(27)17(24-20(25)28)7-12-9-23-16-8-14(22)5-6-15(12)16/h1-9,18,26-27H,10H2,(H,24,28)/b12-7+. The molecule has 2 aromatic carbocycles. The first kappa shape index (κ1) is 18.6. The first-order valence-electron chi connectivity index (χ1n) is 8.43. The molecular weight excluding hydrogens is 401 g/mol. The van der Waals surface area contributed by atoms with Gasteiger partial charge in [0.15, 0.2) is 0 Å². The monoisotopic (exact) mass is 415 g/mol. The minimum atomic E-state index is -0.753. The van der Waals surface area contributed by atoms with Crippen molar-refractivity contribution in [1.82, 2.24) is 9.55 Å². The molecule has 1 aromatic heterocycles. The van der Waals surface area contributed by atoms with Crippen molar-refractivity contribution >= 4 is 46.8 Å². The smallest absolute Gasteiger partial charge is 0.329 e. The molecule has 8 heteroatoms. The van der Waals surface area contributed by atoms with Gasteiger partial charge in [0.2, 0.25) is 5.88 Å². The zero-order valence-electron chi connectivity index (χ0n) is 14.4. The van der Waals surface area contributed by atoms with Crippen molar-refractivity contribution in [2.45, 2.75) is 6.04 Å². The topological polar surface area (TPSA) is 90.6 Å². The SMILES string of the molecule is O=c1[nH]c(/C=C2\C=Nc3cc(Cl)ccc32)c(O)n1C(CO)c1ccc(Cl)cc1. The molecule has 0 aliphatic carbocycles. The predicted octanol–water partition coefficient (Wildman–Crippen LogP) is 4.03. The number of fused-ring (bicyclic) bond motifs is 1.